The first kappa shape index (κ1) is 24.1. The van der Waals surface area contributed by atoms with Crippen LogP contribution >= 0.6 is 0 Å². The van der Waals surface area contributed by atoms with Crippen molar-refractivity contribution in [2.75, 3.05) is 23.4 Å². The second-order valence-electron chi connectivity index (χ2n) is 9.82. The number of hydrogen-bond donors (Lipinski definition) is 2. The fourth-order valence-electron chi connectivity index (χ4n) is 4.54. The summed E-state index contributed by atoms with van der Waals surface area (Å²) in [5, 5.41) is 7.76. The normalized spacial score (nSPS) is 21.0. The van der Waals surface area contributed by atoms with E-state index in [2.05, 4.69) is 23.6 Å². The van der Waals surface area contributed by atoms with Gasteiger partial charge in [-0.3, -0.25) is 9.78 Å². The monoisotopic (exact) mass is 491 g/mol. The van der Waals surface area contributed by atoms with E-state index in [1.807, 2.05) is 37.4 Å². The molecule has 2 aromatic carbocycles. The van der Waals surface area contributed by atoms with Gasteiger partial charge in [-0.05, 0) is 80.1 Å². The van der Waals surface area contributed by atoms with Gasteiger partial charge in [0.25, 0.3) is 5.91 Å². The lowest BCUT2D eigenvalue weighted by atomic mass is 10.0. The number of aromatic nitrogens is 1. The summed E-state index contributed by atoms with van der Waals surface area (Å²) in [7, 11) is 0. The number of ether oxygens (including phenoxy) is 1. The van der Waals surface area contributed by atoms with E-state index in [0.29, 0.717) is 17.5 Å². The molecule has 3 aromatic rings. The summed E-state index contributed by atoms with van der Waals surface area (Å²) in [6.07, 6.45) is 6.33. The SMILES string of the molecule is Cc1c(NC(=O)c2ccc(OCC3CC3)cc2)ccc2cc([C@@H](C)N[C@H]3CC[S@@+]([O-])CC3)cnc12. The molecule has 2 fully saturated rings. The van der Waals surface area contributed by atoms with Crippen molar-refractivity contribution < 1.29 is 14.1 Å². The summed E-state index contributed by atoms with van der Waals surface area (Å²) in [5.41, 5.74) is 4.32. The van der Waals surface area contributed by atoms with Crippen molar-refractivity contribution in [3.05, 3.63) is 65.4 Å². The summed E-state index contributed by atoms with van der Waals surface area (Å²) in [4.78, 5) is 17.6. The van der Waals surface area contributed by atoms with Gasteiger partial charge in [-0.25, -0.2) is 0 Å². The van der Waals surface area contributed by atoms with E-state index in [1.54, 1.807) is 12.1 Å². The lowest BCUT2D eigenvalue weighted by molar-refractivity contribution is 0.102. The van der Waals surface area contributed by atoms with Crippen molar-refractivity contribution in [3.63, 3.8) is 0 Å². The van der Waals surface area contributed by atoms with Crippen molar-refractivity contribution in [3.8, 4) is 5.75 Å². The zero-order valence-corrected chi connectivity index (χ0v) is 21.2. The Bertz CT molecular complexity index is 1190. The first-order valence-corrected chi connectivity index (χ1v) is 14.0. The molecule has 0 radical (unpaired) electrons. The average Bonchev–Trinajstić information content (AvgIpc) is 3.70. The fourth-order valence-corrected chi connectivity index (χ4v) is 5.84. The quantitative estimate of drug-likeness (QED) is 0.426. The number of benzene rings is 2. The Labute approximate surface area is 210 Å². The van der Waals surface area contributed by atoms with Crippen LogP contribution in [0.3, 0.4) is 0 Å². The Kier molecular flexibility index (Phi) is 7.27. The third-order valence-corrected chi connectivity index (χ3v) is 8.43. The Hall–Kier alpha value is -2.61. The molecule has 184 valence electrons. The molecule has 0 bridgehead atoms. The zero-order valence-electron chi connectivity index (χ0n) is 20.4. The lowest BCUT2D eigenvalue weighted by Crippen LogP contribution is -2.38. The second-order valence-corrected chi connectivity index (χ2v) is 11.5. The topological polar surface area (TPSA) is 86.3 Å². The molecule has 0 spiro atoms. The van der Waals surface area contributed by atoms with E-state index in [1.165, 1.54) is 12.8 Å². The second kappa shape index (κ2) is 10.6. The van der Waals surface area contributed by atoms with Gasteiger partial charge in [0, 0.05) is 47.8 Å². The molecule has 35 heavy (non-hydrogen) atoms. The number of nitrogens with one attached hydrogen (secondary N) is 2. The van der Waals surface area contributed by atoms with Gasteiger partial charge in [0.15, 0.2) is 0 Å². The molecule has 6 nitrogen and oxygen atoms in total. The lowest BCUT2D eigenvalue weighted by Gasteiger charge is -2.28. The average molecular weight is 492 g/mol. The molecular weight excluding hydrogens is 458 g/mol. The highest BCUT2D eigenvalue weighted by Gasteiger charge is 2.24. The highest BCUT2D eigenvalue weighted by Crippen LogP contribution is 2.30. The van der Waals surface area contributed by atoms with Gasteiger partial charge in [0.2, 0.25) is 0 Å². The standard InChI is InChI=1S/C28H33N3O3S/c1-18-26(31-28(32)21-5-8-25(9-6-21)34-17-20-3-4-20)10-7-22-15-23(16-29-27(18)22)19(2)30-24-11-13-35(33)14-12-24/h5-10,15-16,19-20,24,30H,3-4,11-14,17H2,1-2H3,(H,31,32)/t19-,24-,35+/m1/s1. The van der Waals surface area contributed by atoms with Gasteiger partial charge in [-0.1, -0.05) is 17.2 Å². The predicted molar refractivity (Wildman–Crippen MR) is 142 cm³/mol. The Balaban J connectivity index is 1.24. The summed E-state index contributed by atoms with van der Waals surface area (Å²) >= 11 is -0.650. The summed E-state index contributed by atoms with van der Waals surface area (Å²) in [6, 6.07) is 14.0. The van der Waals surface area contributed by atoms with Gasteiger partial charge in [0.1, 0.15) is 17.3 Å². The fraction of sp³-hybridized carbons (Fsp3) is 0.429. The summed E-state index contributed by atoms with van der Waals surface area (Å²) in [6.45, 7) is 4.90. The maximum absolute atomic E-state index is 12.8. The highest BCUT2D eigenvalue weighted by atomic mass is 32.2. The largest absolute Gasteiger partial charge is 0.616 e. The van der Waals surface area contributed by atoms with Crippen molar-refractivity contribution in [2.45, 2.75) is 51.6 Å². The van der Waals surface area contributed by atoms with Crippen LogP contribution in [-0.4, -0.2) is 39.6 Å². The van der Waals surface area contributed by atoms with Crippen molar-refractivity contribution >= 4 is 33.7 Å². The molecule has 1 amide bonds. The number of hydrogen-bond acceptors (Lipinski definition) is 5. The van der Waals surface area contributed by atoms with Crippen LogP contribution in [0.4, 0.5) is 5.69 Å². The minimum Gasteiger partial charge on any atom is -0.616 e. The van der Waals surface area contributed by atoms with Crippen LogP contribution in [0.25, 0.3) is 10.9 Å². The molecule has 5 rings (SSSR count). The van der Waals surface area contributed by atoms with Gasteiger partial charge >= 0.3 is 0 Å². The number of amides is 1. The summed E-state index contributed by atoms with van der Waals surface area (Å²) < 4.78 is 17.4. The molecule has 2 N–H and O–H groups in total. The number of carbonyl (C=O) groups excluding carboxylic acids is 1. The van der Waals surface area contributed by atoms with Crippen LogP contribution in [0.5, 0.6) is 5.75 Å². The van der Waals surface area contributed by atoms with E-state index in [-0.39, 0.29) is 11.9 Å². The zero-order chi connectivity index (χ0) is 24.4. The van der Waals surface area contributed by atoms with E-state index >= 15 is 0 Å². The van der Waals surface area contributed by atoms with Gasteiger partial charge < -0.3 is 19.9 Å². The third-order valence-electron chi connectivity index (χ3n) is 7.05. The van der Waals surface area contributed by atoms with Gasteiger partial charge in [0.05, 0.1) is 12.1 Å². The van der Waals surface area contributed by atoms with Gasteiger partial charge in [-0.2, -0.15) is 0 Å². The Morgan fingerprint density at radius 3 is 2.60 bits per heavy atom. The first-order chi connectivity index (χ1) is 17.0. The van der Waals surface area contributed by atoms with E-state index in [9.17, 15) is 9.35 Å². The van der Waals surface area contributed by atoms with Crippen LogP contribution < -0.4 is 15.4 Å². The van der Waals surface area contributed by atoms with Crippen molar-refractivity contribution in [1.82, 2.24) is 10.3 Å². The molecular formula is C28H33N3O3S. The first-order valence-electron chi connectivity index (χ1n) is 12.5. The number of pyridine rings is 1. The molecule has 0 unspecified atom stereocenters. The Morgan fingerprint density at radius 2 is 1.89 bits per heavy atom. The Morgan fingerprint density at radius 1 is 1.14 bits per heavy atom. The molecule has 7 heteroatoms. The van der Waals surface area contributed by atoms with E-state index in [4.69, 9.17) is 9.72 Å². The number of carbonyl (C=O) groups is 1. The van der Waals surface area contributed by atoms with E-state index in [0.717, 1.165) is 64.4 Å². The number of nitrogens with zero attached hydrogens (tertiary/aromatic N) is 1. The molecule has 1 aliphatic carbocycles. The number of rotatable bonds is 8. The molecule has 1 aliphatic heterocycles. The van der Waals surface area contributed by atoms with Crippen LogP contribution in [0, 0.1) is 12.8 Å². The molecule has 1 atom stereocenters. The molecule has 2 aliphatic rings. The van der Waals surface area contributed by atoms with Gasteiger partial charge in [-0.15, -0.1) is 0 Å². The minimum atomic E-state index is -0.650. The van der Waals surface area contributed by atoms with E-state index < -0.39 is 11.2 Å². The molecule has 1 saturated heterocycles. The number of fused-ring (bicyclic) bond motifs is 1. The van der Waals surface area contributed by atoms with Crippen molar-refractivity contribution in [2.24, 2.45) is 5.92 Å². The predicted octanol–water partition coefficient (Wildman–Crippen LogP) is 5.15. The van der Waals surface area contributed by atoms with Crippen LogP contribution in [0.15, 0.2) is 48.7 Å². The maximum atomic E-state index is 12.8. The van der Waals surface area contributed by atoms with Crippen LogP contribution in [0.1, 0.15) is 60.1 Å². The third kappa shape index (κ3) is 5.97. The number of aryl methyl sites for hydroxylation is 1. The van der Waals surface area contributed by atoms with Crippen LogP contribution in [-0.2, 0) is 11.2 Å². The minimum absolute atomic E-state index is 0.149. The van der Waals surface area contributed by atoms with Crippen LogP contribution in [0.2, 0.25) is 0 Å². The smallest absolute Gasteiger partial charge is 0.255 e. The molecule has 2 heterocycles. The summed E-state index contributed by atoms with van der Waals surface area (Å²) in [5.74, 6) is 2.92. The number of anilines is 1. The molecule has 1 saturated carbocycles. The van der Waals surface area contributed by atoms with Crippen molar-refractivity contribution in [1.29, 1.82) is 0 Å². The maximum Gasteiger partial charge on any atom is 0.255 e. The molecule has 1 aromatic heterocycles. The highest BCUT2D eigenvalue weighted by molar-refractivity contribution is 7.91.